The Kier molecular flexibility index (Phi) is 13.7. The first-order chi connectivity index (χ1) is 15.3. The smallest absolute Gasteiger partial charge is 0.326 e. The summed E-state index contributed by atoms with van der Waals surface area (Å²) in [4.78, 5) is 70.7. The van der Waals surface area contributed by atoms with E-state index in [2.05, 4.69) is 28.6 Å². The monoisotopic (exact) mass is 491 g/mol. The highest BCUT2D eigenvalue weighted by molar-refractivity contribution is 7.80. The normalized spacial score (nSPS) is 15.3. The fourth-order valence-electron chi connectivity index (χ4n) is 2.65. The number of aliphatic carboxylic acids is 2. The highest BCUT2D eigenvalue weighted by Crippen LogP contribution is 2.09. The number of carbonyl (C=O) groups excluding carboxylic acids is 4. The predicted octanol–water partition coefficient (Wildman–Crippen LogP) is -2.04. The number of primary amides is 1. The molecule has 0 aromatic rings. The van der Waals surface area contributed by atoms with Gasteiger partial charge in [-0.05, 0) is 18.8 Å². The molecule has 0 aliphatic heterocycles. The van der Waals surface area contributed by atoms with E-state index < -0.39 is 66.2 Å². The van der Waals surface area contributed by atoms with Crippen LogP contribution in [0.5, 0.6) is 0 Å². The average molecular weight is 492 g/mol. The molecular formula is C19H33N5O8S. The molecule has 0 fully saturated rings. The van der Waals surface area contributed by atoms with E-state index in [9.17, 15) is 33.9 Å². The van der Waals surface area contributed by atoms with Crippen LogP contribution in [0, 0.1) is 5.92 Å². The topological polar surface area (TPSA) is 231 Å². The second-order valence-electron chi connectivity index (χ2n) is 7.56. The van der Waals surface area contributed by atoms with Gasteiger partial charge >= 0.3 is 11.9 Å². The van der Waals surface area contributed by atoms with Crippen molar-refractivity contribution in [1.29, 1.82) is 0 Å². The highest BCUT2D eigenvalue weighted by atomic mass is 32.1. The number of hydrogen-bond donors (Lipinski definition) is 8. The second-order valence-corrected chi connectivity index (χ2v) is 7.92. The van der Waals surface area contributed by atoms with E-state index in [1.165, 1.54) is 0 Å². The molecule has 13 nitrogen and oxygen atoms in total. The van der Waals surface area contributed by atoms with E-state index in [4.69, 9.17) is 16.6 Å². The van der Waals surface area contributed by atoms with E-state index in [0.29, 0.717) is 6.42 Å². The summed E-state index contributed by atoms with van der Waals surface area (Å²) in [5, 5.41) is 25.3. The maximum absolute atomic E-state index is 12.7. The van der Waals surface area contributed by atoms with Gasteiger partial charge in [-0.15, -0.1) is 0 Å². The van der Waals surface area contributed by atoms with Crippen molar-refractivity contribution in [2.45, 2.75) is 70.1 Å². The Bertz CT molecular complexity index is 735. The quantitative estimate of drug-likeness (QED) is 0.111. The summed E-state index contributed by atoms with van der Waals surface area (Å²) in [7, 11) is 0. The van der Waals surface area contributed by atoms with Crippen molar-refractivity contribution in [2.75, 3.05) is 5.75 Å². The largest absolute Gasteiger partial charge is 0.481 e. The molecule has 9 N–H and O–H groups in total. The van der Waals surface area contributed by atoms with Crippen LogP contribution in [0.25, 0.3) is 0 Å². The molecular weight excluding hydrogens is 458 g/mol. The molecule has 0 saturated heterocycles. The Morgan fingerprint density at radius 1 is 0.879 bits per heavy atom. The molecule has 0 aromatic carbocycles. The third-order valence-corrected chi connectivity index (χ3v) is 5.28. The fourth-order valence-corrected chi connectivity index (χ4v) is 2.90. The van der Waals surface area contributed by atoms with Gasteiger partial charge in [-0.3, -0.25) is 24.0 Å². The van der Waals surface area contributed by atoms with Crippen molar-refractivity contribution in [2.24, 2.45) is 17.4 Å². The first-order valence-electron chi connectivity index (χ1n) is 10.3. The zero-order valence-corrected chi connectivity index (χ0v) is 19.5. The van der Waals surface area contributed by atoms with Gasteiger partial charge in [-0.25, -0.2) is 4.79 Å². The summed E-state index contributed by atoms with van der Waals surface area (Å²) in [6.07, 6.45) is -0.539. The van der Waals surface area contributed by atoms with Gasteiger partial charge in [-0.2, -0.15) is 12.6 Å². The first-order valence-corrected chi connectivity index (χ1v) is 11.0. The van der Waals surface area contributed by atoms with Crippen molar-refractivity contribution in [3.8, 4) is 0 Å². The number of nitrogens with one attached hydrogen (secondary N) is 3. The maximum atomic E-state index is 12.7. The Hall–Kier alpha value is -2.87. The average Bonchev–Trinajstić information content (AvgIpc) is 2.75. The number of carbonyl (C=O) groups is 6. The fraction of sp³-hybridized carbons (Fsp3) is 0.684. The predicted molar refractivity (Wildman–Crippen MR) is 120 cm³/mol. The molecule has 0 rings (SSSR count). The van der Waals surface area contributed by atoms with Crippen LogP contribution >= 0.6 is 12.6 Å². The number of hydrogen-bond acceptors (Lipinski definition) is 8. The first kappa shape index (κ1) is 30.1. The molecule has 0 aromatic heterocycles. The van der Waals surface area contributed by atoms with Gasteiger partial charge in [0.25, 0.3) is 0 Å². The third-order valence-electron chi connectivity index (χ3n) is 4.91. The minimum absolute atomic E-state index is 0.0811. The van der Waals surface area contributed by atoms with Crippen molar-refractivity contribution in [3.63, 3.8) is 0 Å². The SMILES string of the molecule is CCC(C)C(NC(=O)C(CS)NC(=O)C(CCC(=O)O)NC(=O)C(N)CCC(N)=O)C(=O)O. The Balaban J connectivity index is 5.33. The van der Waals surface area contributed by atoms with Gasteiger partial charge in [-0.1, -0.05) is 20.3 Å². The molecule has 0 heterocycles. The summed E-state index contributed by atoms with van der Waals surface area (Å²) in [6, 6.07) is -4.96. The Labute approximate surface area is 196 Å². The standard InChI is InChI=1S/C19H33N5O8S/c1-3-9(2)15(19(31)32)24-18(30)12(8-33)23-17(29)11(5-7-14(26)27)22-16(28)10(20)4-6-13(21)25/h9-12,15,33H,3-8,20H2,1-2H3,(H2,21,25)(H,22,28)(H,23,29)(H,24,30)(H,26,27)(H,31,32). The molecule has 0 aliphatic rings. The van der Waals surface area contributed by atoms with Crippen LogP contribution in [0.3, 0.4) is 0 Å². The van der Waals surface area contributed by atoms with Gasteiger partial charge < -0.3 is 37.6 Å². The van der Waals surface area contributed by atoms with Crippen LogP contribution < -0.4 is 27.4 Å². The van der Waals surface area contributed by atoms with Crippen LogP contribution in [0.4, 0.5) is 0 Å². The second kappa shape index (κ2) is 15.1. The summed E-state index contributed by atoms with van der Waals surface area (Å²) < 4.78 is 0. The van der Waals surface area contributed by atoms with Gasteiger partial charge in [0.05, 0.1) is 6.04 Å². The lowest BCUT2D eigenvalue weighted by Gasteiger charge is -2.25. The lowest BCUT2D eigenvalue weighted by Crippen LogP contribution is -2.58. The van der Waals surface area contributed by atoms with Crippen molar-refractivity contribution >= 4 is 48.2 Å². The molecule has 5 unspecified atom stereocenters. The summed E-state index contributed by atoms with van der Waals surface area (Å²) in [5.41, 5.74) is 10.7. The highest BCUT2D eigenvalue weighted by Gasteiger charge is 2.31. The molecule has 4 amide bonds. The summed E-state index contributed by atoms with van der Waals surface area (Å²) >= 11 is 4.01. The molecule has 0 saturated carbocycles. The molecule has 5 atom stereocenters. The molecule has 188 valence electrons. The lowest BCUT2D eigenvalue weighted by molar-refractivity contribution is -0.143. The zero-order valence-electron chi connectivity index (χ0n) is 18.6. The van der Waals surface area contributed by atoms with Crippen LogP contribution in [-0.2, 0) is 28.8 Å². The third kappa shape index (κ3) is 11.5. The number of thiol groups is 1. The maximum Gasteiger partial charge on any atom is 0.326 e. The van der Waals surface area contributed by atoms with Gasteiger partial charge in [0.1, 0.15) is 18.1 Å². The van der Waals surface area contributed by atoms with Gasteiger partial charge in [0, 0.05) is 18.6 Å². The minimum atomic E-state index is -1.35. The number of amides is 4. The zero-order chi connectivity index (χ0) is 25.7. The molecule has 14 heteroatoms. The molecule has 0 aliphatic carbocycles. The van der Waals surface area contributed by atoms with Crippen LogP contribution in [0.2, 0.25) is 0 Å². The number of nitrogens with two attached hydrogens (primary N) is 2. The Morgan fingerprint density at radius 3 is 1.88 bits per heavy atom. The molecule has 0 spiro atoms. The molecule has 0 bridgehead atoms. The van der Waals surface area contributed by atoms with Crippen molar-refractivity contribution in [1.82, 2.24) is 16.0 Å². The van der Waals surface area contributed by atoms with E-state index in [-0.39, 0.29) is 30.9 Å². The van der Waals surface area contributed by atoms with E-state index >= 15 is 0 Å². The van der Waals surface area contributed by atoms with E-state index in [1.807, 2.05) is 0 Å². The van der Waals surface area contributed by atoms with Gasteiger partial charge in [0.2, 0.25) is 23.6 Å². The van der Waals surface area contributed by atoms with Gasteiger partial charge in [0.15, 0.2) is 0 Å². The van der Waals surface area contributed by atoms with E-state index in [0.717, 1.165) is 0 Å². The Morgan fingerprint density at radius 2 is 1.42 bits per heavy atom. The lowest BCUT2D eigenvalue weighted by atomic mass is 9.99. The molecule has 0 radical (unpaired) electrons. The minimum Gasteiger partial charge on any atom is -0.481 e. The number of carboxylic acids is 2. The van der Waals surface area contributed by atoms with Crippen LogP contribution in [-0.4, -0.2) is 75.7 Å². The summed E-state index contributed by atoms with van der Waals surface area (Å²) in [6.45, 7) is 3.40. The molecule has 33 heavy (non-hydrogen) atoms. The summed E-state index contributed by atoms with van der Waals surface area (Å²) in [5.74, 6) is -6.19. The number of carboxylic acid groups (broad SMARTS) is 2. The van der Waals surface area contributed by atoms with Crippen LogP contribution in [0.15, 0.2) is 0 Å². The van der Waals surface area contributed by atoms with Crippen LogP contribution in [0.1, 0.15) is 46.0 Å². The van der Waals surface area contributed by atoms with E-state index in [1.54, 1.807) is 13.8 Å². The van der Waals surface area contributed by atoms with Crippen molar-refractivity contribution < 1.29 is 39.0 Å². The van der Waals surface area contributed by atoms with Crippen molar-refractivity contribution in [3.05, 3.63) is 0 Å². The number of rotatable bonds is 16.